The molecule has 1 aliphatic rings. The van der Waals surface area contributed by atoms with Gasteiger partial charge in [-0.05, 0) is 48.2 Å². The molecule has 1 atom stereocenters. The number of hydrogen-bond acceptors (Lipinski definition) is 6. The second-order valence-corrected chi connectivity index (χ2v) is 9.49. The summed E-state index contributed by atoms with van der Waals surface area (Å²) in [5, 5.41) is 11.7. The highest BCUT2D eigenvalue weighted by molar-refractivity contribution is 6.16. The standard InChI is InChI=1S/C32H31NO6/c1-3-4-19-38-24-15-13-22(14-16-24)28-27(29(34)26-20-23-11-8-12-25(37-2)31(23)39-26)30(35)32(36)33(28)18-17-21-9-6-5-7-10-21/h5-16,20,28,35H,3-4,17-19H2,1-2H3. The molecule has 0 saturated heterocycles. The first kappa shape index (κ1) is 26.1. The van der Waals surface area contributed by atoms with Gasteiger partial charge in [0, 0.05) is 11.9 Å². The number of furan rings is 1. The van der Waals surface area contributed by atoms with Crippen molar-refractivity contribution in [3.8, 4) is 11.5 Å². The number of methoxy groups -OCH3 is 1. The maximum absolute atomic E-state index is 13.9. The van der Waals surface area contributed by atoms with E-state index in [1.54, 1.807) is 23.1 Å². The van der Waals surface area contributed by atoms with Crippen LogP contribution in [0.2, 0.25) is 0 Å². The molecule has 1 amide bonds. The molecule has 7 heteroatoms. The maximum atomic E-state index is 13.9. The highest BCUT2D eigenvalue weighted by atomic mass is 16.5. The van der Waals surface area contributed by atoms with E-state index in [1.165, 1.54) is 7.11 Å². The molecule has 0 fully saturated rings. The number of ketones is 1. The van der Waals surface area contributed by atoms with E-state index in [2.05, 4.69) is 6.92 Å². The van der Waals surface area contributed by atoms with E-state index in [9.17, 15) is 14.7 Å². The number of carbonyl (C=O) groups excluding carboxylic acids is 2. The summed E-state index contributed by atoms with van der Waals surface area (Å²) in [6.45, 7) is 3.03. The van der Waals surface area contributed by atoms with Crippen molar-refractivity contribution in [1.29, 1.82) is 0 Å². The number of benzene rings is 3. The average molecular weight is 526 g/mol. The van der Waals surface area contributed by atoms with Crippen LogP contribution in [-0.4, -0.2) is 42.0 Å². The second-order valence-electron chi connectivity index (χ2n) is 9.49. The lowest BCUT2D eigenvalue weighted by molar-refractivity contribution is -0.129. The van der Waals surface area contributed by atoms with Gasteiger partial charge < -0.3 is 23.9 Å². The molecule has 0 radical (unpaired) electrons. The molecule has 39 heavy (non-hydrogen) atoms. The van der Waals surface area contributed by atoms with E-state index < -0.39 is 23.5 Å². The molecular weight excluding hydrogens is 494 g/mol. The lowest BCUT2D eigenvalue weighted by Gasteiger charge is -2.27. The third kappa shape index (κ3) is 5.25. The molecule has 0 saturated carbocycles. The molecule has 1 N–H and O–H groups in total. The summed E-state index contributed by atoms with van der Waals surface area (Å²) in [4.78, 5) is 28.8. The molecule has 2 heterocycles. The first-order valence-corrected chi connectivity index (χ1v) is 13.1. The predicted molar refractivity (Wildman–Crippen MR) is 148 cm³/mol. The van der Waals surface area contributed by atoms with Gasteiger partial charge in [0.1, 0.15) is 5.75 Å². The summed E-state index contributed by atoms with van der Waals surface area (Å²) in [5.74, 6) is -0.470. The first-order chi connectivity index (χ1) is 19.0. The largest absolute Gasteiger partial charge is 0.503 e. The van der Waals surface area contributed by atoms with Crippen LogP contribution in [0.25, 0.3) is 11.0 Å². The number of rotatable bonds is 11. The Kier molecular flexibility index (Phi) is 7.68. The quantitative estimate of drug-likeness (QED) is 0.179. The van der Waals surface area contributed by atoms with Crippen LogP contribution >= 0.6 is 0 Å². The van der Waals surface area contributed by atoms with Gasteiger partial charge in [0.05, 0.1) is 25.3 Å². The third-order valence-corrected chi connectivity index (χ3v) is 6.95. The van der Waals surface area contributed by atoms with E-state index in [-0.39, 0.29) is 11.3 Å². The van der Waals surface area contributed by atoms with Crippen molar-refractivity contribution < 1.29 is 28.6 Å². The molecule has 7 nitrogen and oxygen atoms in total. The van der Waals surface area contributed by atoms with Crippen molar-refractivity contribution >= 4 is 22.7 Å². The number of ether oxygens (including phenoxy) is 2. The Hall–Kier alpha value is -4.52. The highest BCUT2D eigenvalue weighted by Gasteiger charge is 2.44. The zero-order chi connectivity index (χ0) is 27.4. The lowest BCUT2D eigenvalue weighted by atomic mass is 9.94. The second kappa shape index (κ2) is 11.5. The van der Waals surface area contributed by atoms with E-state index in [4.69, 9.17) is 13.9 Å². The number of nitrogens with zero attached hydrogens (tertiary/aromatic N) is 1. The van der Waals surface area contributed by atoms with Gasteiger partial charge in [0.2, 0.25) is 5.78 Å². The Labute approximate surface area is 227 Å². The van der Waals surface area contributed by atoms with Crippen LogP contribution < -0.4 is 9.47 Å². The third-order valence-electron chi connectivity index (χ3n) is 6.95. The SMILES string of the molecule is CCCCOc1ccc(C2C(C(=O)c3cc4cccc(OC)c4o3)=C(O)C(=O)N2CCc2ccccc2)cc1. The number of Topliss-reactive ketones (excluding diaryl/α,β-unsaturated/α-hetero) is 1. The summed E-state index contributed by atoms with van der Waals surface area (Å²) < 4.78 is 17.1. The fourth-order valence-corrected chi connectivity index (χ4v) is 4.88. The van der Waals surface area contributed by atoms with Crippen LogP contribution in [0.3, 0.4) is 0 Å². The molecule has 0 aliphatic carbocycles. The topological polar surface area (TPSA) is 89.2 Å². The number of hydrogen-bond donors (Lipinski definition) is 1. The minimum atomic E-state index is -0.784. The Morgan fingerprint density at radius 1 is 1.03 bits per heavy atom. The molecule has 1 unspecified atom stereocenters. The number of fused-ring (bicyclic) bond motifs is 1. The van der Waals surface area contributed by atoms with Gasteiger partial charge in [0.25, 0.3) is 5.91 Å². The molecule has 4 aromatic rings. The minimum Gasteiger partial charge on any atom is -0.503 e. The monoisotopic (exact) mass is 525 g/mol. The normalized spacial score (nSPS) is 15.3. The molecule has 0 spiro atoms. The summed E-state index contributed by atoms with van der Waals surface area (Å²) in [6.07, 6.45) is 2.55. The molecule has 3 aromatic carbocycles. The molecule has 200 valence electrons. The van der Waals surface area contributed by atoms with Crippen LogP contribution in [0.4, 0.5) is 0 Å². The van der Waals surface area contributed by atoms with Gasteiger partial charge in [-0.25, -0.2) is 0 Å². The first-order valence-electron chi connectivity index (χ1n) is 13.1. The predicted octanol–water partition coefficient (Wildman–Crippen LogP) is 6.44. The maximum Gasteiger partial charge on any atom is 0.290 e. The van der Waals surface area contributed by atoms with E-state index in [0.717, 1.165) is 18.4 Å². The molecule has 0 bridgehead atoms. The fraction of sp³-hybridized carbons (Fsp3) is 0.250. The van der Waals surface area contributed by atoms with E-state index in [1.807, 2.05) is 60.7 Å². The van der Waals surface area contributed by atoms with Crippen LogP contribution in [0, 0.1) is 0 Å². The number of unbranched alkanes of at least 4 members (excludes halogenated alkanes) is 1. The van der Waals surface area contributed by atoms with Gasteiger partial charge >= 0.3 is 0 Å². The van der Waals surface area contributed by atoms with Gasteiger partial charge in [0.15, 0.2) is 22.9 Å². The Balaban J connectivity index is 1.51. The number of aliphatic hydroxyl groups excluding tert-OH is 1. The van der Waals surface area contributed by atoms with Crippen molar-refractivity contribution in [2.75, 3.05) is 20.3 Å². The zero-order valence-electron chi connectivity index (χ0n) is 22.1. The fourth-order valence-electron chi connectivity index (χ4n) is 4.88. The minimum absolute atomic E-state index is 0.00858. The summed E-state index contributed by atoms with van der Waals surface area (Å²) in [7, 11) is 1.53. The molecule has 5 rings (SSSR count). The van der Waals surface area contributed by atoms with Crippen molar-refractivity contribution in [3.63, 3.8) is 0 Å². The average Bonchev–Trinajstić information content (AvgIpc) is 3.51. The van der Waals surface area contributed by atoms with Crippen molar-refractivity contribution in [3.05, 3.63) is 107 Å². The van der Waals surface area contributed by atoms with Crippen molar-refractivity contribution in [1.82, 2.24) is 4.90 Å². The van der Waals surface area contributed by atoms with Crippen LogP contribution in [0.15, 0.2) is 94.6 Å². The number of carbonyl (C=O) groups is 2. The highest BCUT2D eigenvalue weighted by Crippen LogP contribution is 2.40. The Bertz CT molecular complexity index is 1500. The van der Waals surface area contributed by atoms with E-state index in [0.29, 0.717) is 47.6 Å². The van der Waals surface area contributed by atoms with Crippen LogP contribution in [0.1, 0.15) is 47.5 Å². The molecule has 1 aliphatic heterocycles. The van der Waals surface area contributed by atoms with Gasteiger partial charge in [-0.15, -0.1) is 0 Å². The van der Waals surface area contributed by atoms with Gasteiger partial charge in [-0.1, -0.05) is 67.9 Å². The van der Waals surface area contributed by atoms with Crippen LogP contribution in [-0.2, 0) is 11.2 Å². The zero-order valence-corrected chi connectivity index (χ0v) is 22.1. The lowest BCUT2D eigenvalue weighted by Crippen LogP contribution is -2.33. The Morgan fingerprint density at radius 3 is 2.51 bits per heavy atom. The molecule has 1 aromatic heterocycles. The van der Waals surface area contributed by atoms with Crippen LogP contribution in [0.5, 0.6) is 11.5 Å². The van der Waals surface area contributed by atoms with Gasteiger partial charge in [-0.2, -0.15) is 0 Å². The van der Waals surface area contributed by atoms with Crippen molar-refractivity contribution in [2.45, 2.75) is 32.2 Å². The summed E-state index contributed by atoms with van der Waals surface area (Å²) >= 11 is 0. The summed E-state index contributed by atoms with van der Waals surface area (Å²) in [6, 6.07) is 23.3. The number of para-hydroxylation sites is 1. The Morgan fingerprint density at radius 2 is 1.79 bits per heavy atom. The number of aliphatic hydroxyl groups is 1. The summed E-state index contributed by atoms with van der Waals surface area (Å²) in [5.41, 5.74) is 2.16. The van der Waals surface area contributed by atoms with E-state index >= 15 is 0 Å². The van der Waals surface area contributed by atoms with Crippen molar-refractivity contribution in [2.24, 2.45) is 0 Å². The smallest absolute Gasteiger partial charge is 0.290 e. The molecular formula is C32H31NO6. The van der Waals surface area contributed by atoms with Gasteiger partial charge in [-0.3, -0.25) is 9.59 Å². The number of amides is 1.